The fraction of sp³-hybridized carbons (Fsp3) is 0.0909. The highest BCUT2D eigenvalue weighted by atomic mass is 19.4. The number of hydrogen-bond acceptors (Lipinski definition) is 3. The molecule has 0 spiro atoms. The molecule has 96 valence electrons. The zero-order chi connectivity index (χ0) is 13.6. The number of nitrogens with one attached hydrogen (secondary N) is 1. The molecule has 0 atom stereocenters. The number of phenolic OH excluding ortho intramolecular Hbond substituents is 1. The number of rotatable bonds is 0. The van der Waals surface area contributed by atoms with E-state index in [4.69, 9.17) is 5.11 Å². The van der Waals surface area contributed by atoms with Gasteiger partial charge in [0.25, 0.3) is 5.56 Å². The van der Waals surface area contributed by atoms with Crippen LogP contribution in [0.5, 0.6) is 5.75 Å². The standard InChI is InChI=1S/C6H6O.C5H3F3N2O/c7-6-4-2-1-3-5-6;6-5(7,8)3-1-2-9-10-4(3)11/h1-5,7H;1-2H,(H,10,11). The van der Waals surface area contributed by atoms with Crippen molar-refractivity contribution >= 4 is 0 Å². The largest absolute Gasteiger partial charge is 0.508 e. The first-order valence-corrected chi connectivity index (χ1v) is 4.76. The van der Waals surface area contributed by atoms with Crippen molar-refractivity contribution in [3.63, 3.8) is 0 Å². The van der Waals surface area contributed by atoms with Gasteiger partial charge in [-0.1, -0.05) is 18.2 Å². The summed E-state index contributed by atoms with van der Waals surface area (Å²) in [4.78, 5) is 10.4. The van der Waals surface area contributed by atoms with Gasteiger partial charge in [0.05, 0.1) is 0 Å². The highest BCUT2D eigenvalue weighted by Gasteiger charge is 2.33. The van der Waals surface area contributed by atoms with Crippen LogP contribution in [0.15, 0.2) is 47.4 Å². The number of aromatic nitrogens is 2. The molecule has 1 aromatic carbocycles. The van der Waals surface area contributed by atoms with Gasteiger partial charge in [-0.3, -0.25) is 4.79 Å². The Morgan fingerprint density at radius 2 is 1.72 bits per heavy atom. The average Bonchev–Trinajstić information content (AvgIpc) is 2.30. The van der Waals surface area contributed by atoms with E-state index in [0.717, 1.165) is 6.20 Å². The molecule has 1 heterocycles. The number of hydrogen-bond donors (Lipinski definition) is 2. The van der Waals surface area contributed by atoms with Crippen LogP contribution in [-0.2, 0) is 6.18 Å². The Hall–Kier alpha value is -2.31. The van der Waals surface area contributed by atoms with Gasteiger partial charge in [0, 0.05) is 6.20 Å². The van der Waals surface area contributed by atoms with E-state index in [1.54, 1.807) is 29.4 Å². The van der Waals surface area contributed by atoms with Crippen molar-refractivity contribution in [2.45, 2.75) is 6.18 Å². The number of nitrogens with zero attached hydrogens (tertiary/aromatic N) is 1. The molecule has 18 heavy (non-hydrogen) atoms. The van der Waals surface area contributed by atoms with Crippen LogP contribution in [0.4, 0.5) is 13.2 Å². The molecular weight excluding hydrogens is 249 g/mol. The van der Waals surface area contributed by atoms with E-state index in [1.165, 1.54) is 0 Å². The molecule has 7 heteroatoms. The summed E-state index contributed by atoms with van der Waals surface area (Å²) < 4.78 is 35.4. The van der Waals surface area contributed by atoms with Crippen LogP contribution in [0.3, 0.4) is 0 Å². The molecule has 0 aliphatic heterocycles. The second-order valence-corrected chi connectivity index (χ2v) is 3.13. The Morgan fingerprint density at radius 3 is 2.06 bits per heavy atom. The first kappa shape index (κ1) is 13.8. The third-order valence-corrected chi connectivity index (χ3v) is 1.79. The van der Waals surface area contributed by atoms with Gasteiger partial charge in [-0.25, -0.2) is 5.10 Å². The number of aromatic hydroxyl groups is 1. The van der Waals surface area contributed by atoms with Gasteiger partial charge in [0.2, 0.25) is 0 Å². The zero-order valence-electron chi connectivity index (χ0n) is 8.98. The Bertz CT molecular complexity index is 538. The summed E-state index contributed by atoms with van der Waals surface area (Å²) in [7, 11) is 0. The Labute approximate surface area is 99.7 Å². The van der Waals surface area contributed by atoms with E-state index >= 15 is 0 Å². The van der Waals surface area contributed by atoms with E-state index in [1.807, 2.05) is 6.07 Å². The Kier molecular flexibility index (Phi) is 4.47. The van der Waals surface area contributed by atoms with Crippen LogP contribution in [0.25, 0.3) is 0 Å². The van der Waals surface area contributed by atoms with Crippen molar-refractivity contribution < 1.29 is 18.3 Å². The van der Waals surface area contributed by atoms with E-state index in [9.17, 15) is 18.0 Å². The summed E-state index contributed by atoms with van der Waals surface area (Å²) in [5, 5.41) is 13.4. The summed E-state index contributed by atoms with van der Waals surface area (Å²) in [6.07, 6.45) is -3.72. The Morgan fingerprint density at radius 1 is 1.11 bits per heavy atom. The minimum atomic E-state index is -4.60. The van der Waals surface area contributed by atoms with Crippen molar-refractivity contribution in [1.29, 1.82) is 0 Å². The molecule has 0 saturated heterocycles. The van der Waals surface area contributed by atoms with Crippen LogP contribution in [0.2, 0.25) is 0 Å². The summed E-state index contributed by atoms with van der Waals surface area (Å²) in [5.74, 6) is 0.322. The number of aromatic amines is 1. The fourth-order valence-electron chi connectivity index (χ4n) is 0.995. The van der Waals surface area contributed by atoms with Crippen molar-refractivity contribution in [3.8, 4) is 5.75 Å². The van der Waals surface area contributed by atoms with Crippen LogP contribution in [-0.4, -0.2) is 15.3 Å². The molecule has 0 bridgehead atoms. The zero-order valence-corrected chi connectivity index (χ0v) is 8.98. The number of phenols is 1. The summed E-state index contributed by atoms with van der Waals surface area (Å²) >= 11 is 0. The lowest BCUT2D eigenvalue weighted by molar-refractivity contribution is -0.138. The van der Waals surface area contributed by atoms with Crippen molar-refractivity contribution in [1.82, 2.24) is 10.2 Å². The number of H-pyrrole nitrogens is 1. The predicted octanol–water partition coefficient (Wildman–Crippen LogP) is 2.18. The van der Waals surface area contributed by atoms with Crippen molar-refractivity contribution in [2.24, 2.45) is 0 Å². The van der Waals surface area contributed by atoms with Crippen molar-refractivity contribution in [3.05, 3.63) is 58.5 Å². The molecular formula is C11H9F3N2O2. The molecule has 0 aliphatic carbocycles. The maximum absolute atomic E-state index is 11.8. The lowest BCUT2D eigenvalue weighted by Crippen LogP contribution is -2.21. The number of halogens is 3. The van der Waals surface area contributed by atoms with Gasteiger partial charge in [-0.05, 0) is 18.2 Å². The monoisotopic (exact) mass is 258 g/mol. The number of alkyl halides is 3. The maximum atomic E-state index is 11.8. The van der Waals surface area contributed by atoms with Crippen molar-refractivity contribution in [2.75, 3.05) is 0 Å². The molecule has 2 N–H and O–H groups in total. The highest BCUT2D eigenvalue weighted by molar-refractivity contribution is 5.18. The molecule has 4 nitrogen and oxygen atoms in total. The molecule has 0 unspecified atom stereocenters. The molecule has 0 aliphatic rings. The molecule has 1 aromatic heterocycles. The summed E-state index contributed by atoms with van der Waals surface area (Å²) in [5.41, 5.74) is -2.45. The van der Waals surface area contributed by atoms with Gasteiger partial charge in [-0.2, -0.15) is 18.3 Å². The molecule has 2 rings (SSSR count). The lowest BCUT2D eigenvalue weighted by atomic mass is 10.3. The van der Waals surface area contributed by atoms with Crippen LogP contribution in [0.1, 0.15) is 5.56 Å². The van der Waals surface area contributed by atoms with Crippen LogP contribution in [0, 0.1) is 0 Å². The van der Waals surface area contributed by atoms with Gasteiger partial charge < -0.3 is 5.11 Å². The number of benzene rings is 1. The smallest absolute Gasteiger partial charge is 0.421 e. The SMILES string of the molecule is O=c1[nH]nccc1C(F)(F)F.Oc1ccccc1. The summed E-state index contributed by atoms with van der Waals surface area (Å²) in [6.45, 7) is 0. The van der Waals surface area contributed by atoms with Gasteiger partial charge in [0.1, 0.15) is 11.3 Å². The van der Waals surface area contributed by atoms with E-state index in [2.05, 4.69) is 5.10 Å². The second-order valence-electron chi connectivity index (χ2n) is 3.13. The van der Waals surface area contributed by atoms with Gasteiger partial charge in [-0.15, -0.1) is 0 Å². The fourth-order valence-corrected chi connectivity index (χ4v) is 0.995. The average molecular weight is 258 g/mol. The van der Waals surface area contributed by atoms with E-state index in [0.29, 0.717) is 11.8 Å². The second kappa shape index (κ2) is 5.85. The third kappa shape index (κ3) is 4.28. The topological polar surface area (TPSA) is 66.0 Å². The lowest BCUT2D eigenvalue weighted by Gasteiger charge is -2.02. The van der Waals surface area contributed by atoms with Gasteiger partial charge in [0.15, 0.2) is 0 Å². The molecule has 0 radical (unpaired) electrons. The minimum absolute atomic E-state index is 0.322. The first-order valence-electron chi connectivity index (χ1n) is 4.76. The Balaban J connectivity index is 0.000000199. The van der Waals surface area contributed by atoms with Crippen LogP contribution >= 0.6 is 0 Å². The van der Waals surface area contributed by atoms with E-state index < -0.39 is 17.3 Å². The number of para-hydroxylation sites is 1. The predicted molar refractivity (Wildman–Crippen MR) is 58.0 cm³/mol. The first-order chi connectivity index (χ1) is 8.41. The van der Waals surface area contributed by atoms with E-state index in [-0.39, 0.29) is 0 Å². The van der Waals surface area contributed by atoms with Gasteiger partial charge >= 0.3 is 6.18 Å². The molecule has 0 amide bonds. The maximum Gasteiger partial charge on any atom is 0.421 e. The quantitative estimate of drug-likeness (QED) is 0.761. The highest BCUT2D eigenvalue weighted by Crippen LogP contribution is 2.25. The summed E-state index contributed by atoms with van der Waals surface area (Å²) in [6, 6.07) is 9.34. The molecule has 0 fully saturated rings. The third-order valence-electron chi connectivity index (χ3n) is 1.79. The molecule has 2 aromatic rings. The van der Waals surface area contributed by atoms with Crippen LogP contribution < -0.4 is 5.56 Å². The molecule has 0 saturated carbocycles. The minimum Gasteiger partial charge on any atom is -0.508 e. The normalized spacial score (nSPS) is 10.4.